The van der Waals surface area contributed by atoms with E-state index in [2.05, 4.69) is 15.1 Å². The van der Waals surface area contributed by atoms with E-state index in [-0.39, 0.29) is 5.56 Å². The van der Waals surface area contributed by atoms with E-state index in [0.29, 0.717) is 17.3 Å². The highest BCUT2D eigenvalue weighted by atomic mass is 16.1. The van der Waals surface area contributed by atoms with E-state index in [4.69, 9.17) is 5.73 Å². The van der Waals surface area contributed by atoms with E-state index >= 15 is 0 Å². The molecule has 0 unspecified atom stereocenters. The van der Waals surface area contributed by atoms with Gasteiger partial charge in [-0.05, 0) is 19.8 Å². The number of hydrogen-bond acceptors (Lipinski definition) is 4. The largest absolute Gasteiger partial charge is 0.319 e. The number of H-pyrrole nitrogens is 1. The minimum absolute atomic E-state index is 0.143. The van der Waals surface area contributed by atoms with Crippen LogP contribution in [0.5, 0.6) is 0 Å². The average molecular weight is 247 g/mol. The molecule has 0 atom stereocenters. The predicted molar refractivity (Wildman–Crippen MR) is 67.3 cm³/mol. The zero-order chi connectivity index (χ0) is 12.8. The Hall–Kier alpha value is -1.69. The van der Waals surface area contributed by atoms with Crippen molar-refractivity contribution in [1.82, 2.24) is 19.6 Å². The summed E-state index contributed by atoms with van der Waals surface area (Å²) >= 11 is 0. The SMILES string of the molecule is Cc1cc(=O)n2[nH]c(C3(N)CCCCC3)nc2n1. The van der Waals surface area contributed by atoms with Gasteiger partial charge in [0.2, 0.25) is 0 Å². The lowest BCUT2D eigenvalue weighted by atomic mass is 9.82. The third-order valence-corrected chi connectivity index (χ3v) is 3.68. The fourth-order valence-corrected chi connectivity index (χ4v) is 2.63. The van der Waals surface area contributed by atoms with Crippen molar-refractivity contribution >= 4 is 5.78 Å². The Bertz CT molecular complexity index is 635. The first-order chi connectivity index (χ1) is 8.58. The molecule has 2 aromatic heterocycles. The molecule has 0 amide bonds. The van der Waals surface area contributed by atoms with E-state index in [1.54, 1.807) is 6.92 Å². The third-order valence-electron chi connectivity index (χ3n) is 3.68. The number of nitrogens with two attached hydrogens (primary N) is 1. The highest BCUT2D eigenvalue weighted by Crippen LogP contribution is 2.32. The molecule has 6 heteroatoms. The standard InChI is InChI=1S/C12H17N5O/c1-8-7-9(18)17-11(14-8)15-10(16-17)12(13)5-3-2-4-6-12/h7H,2-6,13H2,1H3,(H,14,15,16). The van der Waals surface area contributed by atoms with Crippen LogP contribution in [0.2, 0.25) is 0 Å². The Morgan fingerprint density at radius 3 is 2.78 bits per heavy atom. The number of fused-ring (bicyclic) bond motifs is 1. The molecule has 1 saturated carbocycles. The van der Waals surface area contributed by atoms with Crippen LogP contribution in [0, 0.1) is 6.92 Å². The van der Waals surface area contributed by atoms with Crippen LogP contribution in [0.4, 0.5) is 0 Å². The molecule has 1 aliphatic rings. The van der Waals surface area contributed by atoms with E-state index in [0.717, 1.165) is 25.7 Å². The Morgan fingerprint density at radius 2 is 2.06 bits per heavy atom. The van der Waals surface area contributed by atoms with Crippen molar-refractivity contribution in [3.05, 3.63) is 27.9 Å². The van der Waals surface area contributed by atoms with Gasteiger partial charge in [-0.1, -0.05) is 19.3 Å². The van der Waals surface area contributed by atoms with Gasteiger partial charge in [0.15, 0.2) is 0 Å². The summed E-state index contributed by atoms with van der Waals surface area (Å²) < 4.78 is 1.37. The molecule has 3 rings (SSSR count). The van der Waals surface area contributed by atoms with Crippen molar-refractivity contribution in [3.63, 3.8) is 0 Å². The second kappa shape index (κ2) is 3.91. The number of aryl methyl sites for hydroxylation is 1. The molecule has 1 aliphatic carbocycles. The minimum atomic E-state index is -0.438. The van der Waals surface area contributed by atoms with Crippen molar-refractivity contribution in [2.24, 2.45) is 5.73 Å². The molecule has 0 saturated heterocycles. The third kappa shape index (κ3) is 1.73. The molecule has 2 heterocycles. The van der Waals surface area contributed by atoms with Crippen molar-refractivity contribution < 1.29 is 0 Å². The van der Waals surface area contributed by atoms with Crippen molar-refractivity contribution in [1.29, 1.82) is 0 Å². The number of nitrogens with zero attached hydrogens (tertiary/aromatic N) is 3. The topological polar surface area (TPSA) is 89.1 Å². The lowest BCUT2D eigenvalue weighted by molar-refractivity contribution is 0.287. The maximum atomic E-state index is 11.8. The van der Waals surface area contributed by atoms with Gasteiger partial charge in [0.05, 0.1) is 5.54 Å². The van der Waals surface area contributed by atoms with Gasteiger partial charge in [0, 0.05) is 11.8 Å². The molecule has 3 N–H and O–H groups in total. The second-order valence-corrected chi connectivity index (χ2v) is 5.16. The van der Waals surface area contributed by atoms with Crippen LogP contribution in [0.3, 0.4) is 0 Å². The molecular formula is C12H17N5O. The van der Waals surface area contributed by atoms with Crippen molar-refractivity contribution in [3.8, 4) is 0 Å². The van der Waals surface area contributed by atoms with Gasteiger partial charge < -0.3 is 5.73 Å². The van der Waals surface area contributed by atoms with Gasteiger partial charge in [-0.2, -0.15) is 9.50 Å². The maximum Gasteiger partial charge on any atom is 0.274 e. The van der Waals surface area contributed by atoms with Crippen LogP contribution in [0.15, 0.2) is 10.9 Å². The number of aromatic nitrogens is 4. The lowest BCUT2D eigenvalue weighted by Gasteiger charge is -2.30. The summed E-state index contributed by atoms with van der Waals surface area (Å²) in [4.78, 5) is 20.5. The highest BCUT2D eigenvalue weighted by molar-refractivity contribution is 5.29. The smallest absolute Gasteiger partial charge is 0.274 e. The van der Waals surface area contributed by atoms with Gasteiger partial charge in [-0.3, -0.25) is 9.89 Å². The molecule has 0 spiro atoms. The van der Waals surface area contributed by atoms with E-state index < -0.39 is 5.54 Å². The Kier molecular flexibility index (Phi) is 2.48. The van der Waals surface area contributed by atoms with Crippen LogP contribution in [0.25, 0.3) is 5.78 Å². The number of aromatic amines is 1. The molecule has 1 fully saturated rings. The fraction of sp³-hybridized carbons (Fsp3) is 0.583. The quantitative estimate of drug-likeness (QED) is 0.781. The minimum Gasteiger partial charge on any atom is -0.319 e. The zero-order valence-corrected chi connectivity index (χ0v) is 10.4. The maximum absolute atomic E-state index is 11.8. The summed E-state index contributed by atoms with van der Waals surface area (Å²) in [6.45, 7) is 1.79. The summed E-state index contributed by atoms with van der Waals surface area (Å²) in [6, 6.07) is 1.49. The average Bonchev–Trinajstić information content (AvgIpc) is 2.74. The molecule has 0 aromatic carbocycles. The predicted octanol–water partition coefficient (Wildman–Crippen LogP) is 0.844. The summed E-state index contributed by atoms with van der Waals surface area (Å²) in [5.74, 6) is 1.09. The molecular weight excluding hydrogens is 230 g/mol. The van der Waals surface area contributed by atoms with Gasteiger partial charge in [0.1, 0.15) is 5.82 Å². The normalized spacial score (nSPS) is 19.2. The molecule has 18 heavy (non-hydrogen) atoms. The second-order valence-electron chi connectivity index (χ2n) is 5.16. The van der Waals surface area contributed by atoms with Gasteiger partial charge in [0.25, 0.3) is 11.3 Å². The zero-order valence-electron chi connectivity index (χ0n) is 10.4. The highest BCUT2D eigenvalue weighted by Gasteiger charge is 2.33. The van der Waals surface area contributed by atoms with Crippen molar-refractivity contribution in [2.75, 3.05) is 0 Å². The lowest BCUT2D eigenvalue weighted by Crippen LogP contribution is -2.39. The van der Waals surface area contributed by atoms with Crippen LogP contribution < -0.4 is 11.3 Å². The summed E-state index contributed by atoms with van der Waals surface area (Å²) in [7, 11) is 0. The van der Waals surface area contributed by atoms with Crippen LogP contribution in [-0.2, 0) is 5.54 Å². The molecule has 96 valence electrons. The molecule has 6 nitrogen and oxygen atoms in total. The van der Waals surface area contributed by atoms with Gasteiger partial charge in [-0.25, -0.2) is 4.98 Å². The summed E-state index contributed by atoms with van der Waals surface area (Å²) in [5, 5.41) is 3.01. The van der Waals surface area contributed by atoms with Crippen LogP contribution in [-0.4, -0.2) is 19.6 Å². The monoisotopic (exact) mass is 247 g/mol. The Labute approximate surface area is 104 Å². The number of nitrogens with one attached hydrogen (secondary N) is 1. The van der Waals surface area contributed by atoms with Crippen LogP contribution >= 0.6 is 0 Å². The summed E-state index contributed by atoms with van der Waals surface area (Å²) in [6.07, 6.45) is 5.24. The van der Waals surface area contributed by atoms with Crippen LogP contribution in [0.1, 0.15) is 43.6 Å². The summed E-state index contributed by atoms with van der Waals surface area (Å²) in [5.41, 5.74) is 6.49. The van der Waals surface area contributed by atoms with Gasteiger partial charge >= 0.3 is 0 Å². The number of rotatable bonds is 1. The fourth-order valence-electron chi connectivity index (χ4n) is 2.63. The van der Waals surface area contributed by atoms with Gasteiger partial charge in [-0.15, -0.1) is 0 Å². The Balaban J connectivity index is 2.13. The molecule has 2 aromatic rings. The van der Waals surface area contributed by atoms with E-state index in [1.807, 2.05) is 0 Å². The molecule has 0 bridgehead atoms. The molecule has 0 radical (unpaired) electrons. The Morgan fingerprint density at radius 1 is 1.33 bits per heavy atom. The number of hydrogen-bond donors (Lipinski definition) is 2. The first kappa shape index (κ1) is 11.4. The van der Waals surface area contributed by atoms with Crippen molar-refractivity contribution in [2.45, 2.75) is 44.6 Å². The molecule has 0 aliphatic heterocycles. The first-order valence-electron chi connectivity index (χ1n) is 6.34. The van der Waals surface area contributed by atoms with E-state index in [1.165, 1.54) is 17.0 Å². The first-order valence-corrected chi connectivity index (χ1v) is 6.34. The van der Waals surface area contributed by atoms with E-state index in [9.17, 15) is 4.79 Å².